The first-order valence-electron chi connectivity index (χ1n) is 9.31. The number of anilines is 1. The molecule has 31 heavy (non-hydrogen) atoms. The van der Waals surface area contributed by atoms with Crippen LogP contribution in [0.4, 0.5) is 11.4 Å². The van der Waals surface area contributed by atoms with E-state index in [1.165, 1.54) is 0 Å². The summed E-state index contributed by atoms with van der Waals surface area (Å²) in [6.07, 6.45) is 1.07. The zero-order valence-electron chi connectivity index (χ0n) is 17.2. The van der Waals surface area contributed by atoms with Gasteiger partial charge in [0.2, 0.25) is 10.0 Å². The lowest BCUT2D eigenvalue weighted by atomic mass is 10.1. The Bertz CT molecular complexity index is 1060. The Morgan fingerprint density at radius 1 is 1.13 bits per heavy atom. The molecular formula is C20H25N5O5S. The average molecular weight is 448 g/mol. The summed E-state index contributed by atoms with van der Waals surface area (Å²) in [4.78, 5) is 28.4. The largest absolute Gasteiger partial charge is 0.465 e. The summed E-state index contributed by atoms with van der Waals surface area (Å²) < 4.78 is 30.3. The van der Waals surface area contributed by atoms with Crippen molar-refractivity contribution in [2.45, 2.75) is 19.4 Å². The van der Waals surface area contributed by atoms with Gasteiger partial charge in [0.15, 0.2) is 5.96 Å². The highest BCUT2D eigenvalue weighted by Crippen LogP contribution is 2.17. The van der Waals surface area contributed by atoms with Crippen LogP contribution in [-0.2, 0) is 26.0 Å². The molecule has 0 aliphatic rings. The van der Waals surface area contributed by atoms with E-state index in [0.717, 1.165) is 6.26 Å². The van der Waals surface area contributed by atoms with Crippen LogP contribution >= 0.6 is 0 Å². The summed E-state index contributed by atoms with van der Waals surface area (Å²) in [5.41, 5.74) is 12.7. The zero-order chi connectivity index (χ0) is 23.0. The lowest BCUT2D eigenvalue weighted by Crippen LogP contribution is -2.42. The number of benzene rings is 2. The number of guanidine groups is 1. The van der Waals surface area contributed by atoms with E-state index >= 15 is 0 Å². The number of hydrogen-bond acceptors (Lipinski definition) is 6. The molecule has 0 aliphatic heterocycles. The van der Waals surface area contributed by atoms with Gasteiger partial charge >= 0.3 is 5.97 Å². The highest BCUT2D eigenvalue weighted by molar-refractivity contribution is 7.88. The molecule has 2 rings (SSSR count). The molecule has 166 valence electrons. The molecule has 1 atom stereocenters. The molecular weight excluding hydrogens is 422 g/mol. The molecule has 10 nitrogen and oxygen atoms in total. The highest BCUT2D eigenvalue weighted by Gasteiger charge is 2.23. The fourth-order valence-electron chi connectivity index (χ4n) is 2.70. The summed E-state index contributed by atoms with van der Waals surface area (Å²) in [5.74, 6) is -1.13. The van der Waals surface area contributed by atoms with E-state index < -0.39 is 22.0 Å². The van der Waals surface area contributed by atoms with Crippen LogP contribution < -0.4 is 21.5 Å². The van der Waals surface area contributed by atoms with Crippen LogP contribution in [0.3, 0.4) is 0 Å². The van der Waals surface area contributed by atoms with Crippen LogP contribution in [0.15, 0.2) is 53.5 Å². The van der Waals surface area contributed by atoms with Gasteiger partial charge in [-0.25, -0.2) is 18.1 Å². The van der Waals surface area contributed by atoms with E-state index in [1.807, 2.05) is 0 Å². The minimum absolute atomic E-state index is 0.0979. The normalized spacial score (nSPS) is 11.9. The third-order valence-corrected chi connectivity index (χ3v) is 4.66. The third kappa shape index (κ3) is 8.07. The van der Waals surface area contributed by atoms with Crippen LogP contribution in [0.5, 0.6) is 0 Å². The minimum Gasteiger partial charge on any atom is -0.465 e. The SMILES string of the molecule is CCOC(=O)[C@H](Cc1ccc(NC(=O)c2cccc(N=C(N)N)c2)cc1)NS(C)(=O)=O. The molecule has 0 aliphatic carbocycles. The fraction of sp³-hybridized carbons (Fsp3) is 0.250. The second kappa shape index (κ2) is 10.5. The summed E-state index contributed by atoms with van der Waals surface area (Å²) in [6.45, 7) is 1.77. The number of nitrogens with zero attached hydrogens (tertiary/aromatic N) is 1. The molecule has 0 unspecified atom stereocenters. The van der Waals surface area contributed by atoms with Crippen molar-refractivity contribution >= 4 is 39.2 Å². The van der Waals surface area contributed by atoms with Crippen LogP contribution in [0, 0.1) is 0 Å². The molecule has 0 fully saturated rings. The van der Waals surface area contributed by atoms with E-state index in [-0.39, 0.29) is 24.9 Å². The topological polar surface area (TPSA) is 166 Å². The molecule has 0 spiro atoms. The lowest BCUT2D eigenvalue weighted by molar-refractivity contribution is -0.145. The van der Waals surface area contributed by atoms with Crippen molar-refractivity contribution in [3.8, 4) is 0 Å². The van der Waals surface area contributed by atoms with Crippen LogP contribution in [0.25, 0.3) is 0 Å². The third-order valence-electron chi connectivity index (χ3n) is 3.95. The number of rotatable bonds is 9. The van der Waals surface area contributed by atoms with E-state index in [4.69, 9.17) is 16.2 Å². The van der Waals surface area contributed by atoms with Gasteiger partial charge in [-0.3, -0.25) is 9.59 Å². The molecule has 1 amide bonds. The Morgan fingerprint density at radius 2 is 1.81 bits per heavy atom. The summed E-state index contributed by atoms with van der Waals surface area (Å²) in [6, 6.07) is 12.1. The molecule has 0 saturated carbocycles. The molecule has 0 heterocycles. The highest BCUT2D eigenvalue weighted by atomic mass is 32.2. The van der Waals surface area contributed by atoms with Gasteiger partial charge in [0, 0.05) is 11.3 Å². The van der Waals surface area contributed by atoms with Crippen molar-refractivity contribution in [3.05, 3.63) is 59.7 Å². The predicted molar refractivity (Wildman–Crippen MR) is 118 cm³/mol. The van der Waals surface area contributed by atoms with E-state index in [1.54, 1.807) is 55.5 Å². The van der Waals surface area contributed by atoms with Crippen molar-refractivity contribution < 1.29 is 22.7 Å². The second-order valence-corrected chi connectivity index (χ2v) is 8.42. The fourth-order valence-corrected chi connectivity index (χ4v) is 3.40. The number of nitrogens with two attached hydrogens (primary N) is 2. The van der Waals surface area contributed by atoms with Crippen molar-refractivity contribution in [3.63, 3.8) is 0 Å². The Hall–Kier alpha value is -3.44. The van der Waals surface area contributed by atoms with Gasteiger partial charge in [-0.2, -0.15) is 0 Å². The summed E-state index contributed by atoms with van der Waals surface area (Å²) in [5, 5.41) is 2.75. The Kier molecular flexibility index (Phi) is 8.11. The summed E-state index contributed by atoms with van der Waals surface area (Å²) in [7, 11) is -3.61. The number of sulfonamides is 1. The smallest absolute Gasteiger partial charge is 0.324 e. The number of ether oxygens (including phenoxy) is 1. The van der Waals surface area contributed by atoms with Crippen LogP contribution in [-0.4, -0.2) is 45.2 Å². The maximum Gasteiger partial charge on any atom is 0.324 e. The molecule has 2 aromatic carbocycles. The number of amides is 1. The van der Waals surface area contributed by atoms with E-state index in [0.29, 0.717) is 22.5 Å². The van der Waals surface area contributed by atoms with Gasteiger partial charge in [-0.1, -0.05) is 18.2 Å². The lowest BCUT2D eigenvalue weighted by Gasteiger charge is -2.16. The number of aliphatic imine (C=N–C) groups is 1. The van der Waals surface area contributed by atoms with Crippen molar-refractivity contribution in [1.29, 1.82) is 0 Å². The predicted octanol–water partition coefficient (Wildman–Crippen LogP) is 0.867. The molecule has 0 aromatic heterocycles. The van der Waals surface area contributed by atoms with Crippen LogP contribution in [0.2, 0.25) is 0 Å². The molecule has 0 radical (unpaired) electrons. The Labute approximate surface area is 180 Å². The average Bonchev–Trinajstić information content (AvgIpc) is 2.68. The van der Waals surface area contributed by atoms with Crippen molar-refractivity contribution in [2.24, 2.45) is 16.5 Å². The van der Waals surface area contributed by atoms with Gasteiger partial charge in [0.25, 0.3) is 5.91 Å². The molecule has 2 aromatic rings. The Morgan fingerprint density at radius 3 is 2.39 bits per heavy atom. The number of hydrogen-bond donors (Lipinski definition) is 4. The van der Waals surface area contributed by atoms with E-state index in [9.17, 15) is 18.0 Å². The van der Waals surface area contributed by atoms with Gasteiger partial charge in [-0.15, -0.1) is 0 Å². The number of nitrogens with one attached hydrogen (secondary N) is 2. The number of carbonyl (C=O) groups is 2. The van der Waals surface area contributed by atoms with Gasteiger partial charge in [0.05, 0.1) is 18.6 Å². The van der Waals surface area contributed by atoms with Gasteiger partial charge in [-0.05, 0) is 49.2 Å². The first-order valence-corrected chi connectivity index (χ1v) is 11.2. The quantitative estimate of drug-likeness (QED) is 0.251. The second-order valence-electron chi connectivity index (χ2n) is 6.64. The maximum absolute atomic E-state index is 12.5. The first-order chi connectivity index (χ1) is 14.6. The van der Waals surface area contributed by atoms with Gasteiger partial charge < -0.3 is 21.5 Å². The van der Waals surface area contributed by atoms with E-state index in [2.05, 4.69) is 15.0 Å². The number of esters is 1. The first kappa shape index (κ1) is 23.8. The monoisotopic (exact) mass is 447 g/mol. The van der Waals surface area contributed by atoms with Gasteiger partial charge in [0.1, 0.15) is 6.04 Å². The van der Waals surface area contributed by atoms with Crippen molar-refractivity contribution in [1.82, 2.24) is 4.72 Å². The standard InChI is InChI=1S/C20H25N5O5S/c1-3-30-19(27)17(25-31(2,28)29)11-13-7-9-15(10-8-13)23-18(26)14-5-4-6-16(12-14)24-20(21)22/h4-10,12,17,25H,3,11H2,1-2H3,(H,23,26)(H4,21,22,24)/t17-/m0/s1. The molecule has 0 bridgehead atoms. The molecule has 0 saturated heterocycles. The zero-order valence-corrected chi connectivity index (χ0v) is 18.0. The molecule has 6 N–H and O–H groups in total. The minimum atomic E-state index is -3.61. The molecule has 11 heteroatoms. The number of carbonyl (C=O) groups excluding carboxylic acids is 2. The van der Waals surface area contributed by atoms with Crippen molar-refractivity contribution in [2.75, 3.05) is 18.2 Å². The summed E-state index contributed by atoms with van der Waals surface area (Å²) >= 11 is 0. The Balaban J connectivity index is 2.09. The van der Waals surface area contributed by atoms with Crippen LogP contribution in [0.1, 0.15) is 22.8 Å². The maximum atomic E-state index is 12.5.